The topological polar surface area (TPSA) is 75.9 Å². The molecule has 1 aromatic carbocycles. The van der Waals surface area contributed by atoms with Crippen LogP contribution in [0, 0.1) is 6.92 Å². The third-order valence-electron chi connectivity index (χ3n) is 4.73. The molecule has 0 aliphatic carbocycles. The van der Waals surface area contributed by atoms with E-state index in [0.29, 0.717) is 6.54 Å². The van der Waals surface area contributed by atoms with E-state index in [0.717, 1.165) is 45.9 Å². The predicted octanol–water partition coefficient (Wildman–Crippen LogP) is 3.53. The largest absolute Gasteiger partial charge is 0.316 e. The molecule has 0 unspecified atom stereocenters. The average molecular weight is 390 g/mol. The van der Waals surface area contributed by atoms with Crippen LogP contribution in [0.2, 0.25) is 0 Å². The number of imidazole rings is 1. The molecule has 5 rings (SSSR count). The van der Waals surface area contributed by atoms with Crippen LogP contribution < -0.4 is 10.2 Å². The number of hydrogen-bond donors (Lipinski definition) is 1. The average Bonchev–Trinajstić information content (AvgIpc) is 3.37. The number of aromatic nitrogens is 4. The summed E-state index contributed by atoms with van der Waals surface area (Å²) < 4.78 is 2.10. The number of benzene rings is 1. The zero-order valence-electron chi connectivity index (χ0n) is 15.3. The molecule has 0 saturated carbocycles. The number of fused-ring (bicyclic) bond motifs is 3. The van der Waals surface area contributed by atoms with Gasteiger partial charge in [0.05, 0.1) is 23.1 Å². The summed E-state index contributed by atoms with van der Waals surface area (Å²) in [6.07, 6.45) is 0.253. The highest BCUT2D eigenvalue weighted by Crippen LogP contribution is 2.28. The summed E-state index contributed by atoms with van der Waals surface area (Å²) in [5.41, 5.74) is 3.67. The Balaban J connectivity index is 1.31. The van der Waals surface area contributed by atoms with E-state index in [4.69, 9.17) is 0 Å². The van der Waals surface area contributed by atoms with Crippen molar-refractivity contribution in [3.63, 3.8) is 0 Å². The van der Waals surface area contributed by atoms with Crippen molar-refractivity contribution in [2.45, 2.75) is 19.9 Å². The minimum atomic E-state index is 0.0135. The van der Waals surface area contributed by atoms with Gasteiger partial charge >= 0.3 is 0 Å². The van der Waals surface area contributed by atoms with Gasteiger partial charge in [0, 0.05) is 24.2 Å². The molecule has 0 bridgehead atoms. The van der Waals surface area contributed by atoms with Gasteiger partial charge in [0.25, 0.3) is 0 Å². The number of para-hydroxylation sites is 2. The molecule has 28 heavy (non-hydrogen) atoms. The molecule has 1 N–H and O–H groups in total. The van der Waals surface area contributed by atoms with Crippen LogP contribution in [-0.4, -0.2) is 32.0 Å². The van der Waals surface area contributed by atoms with Crippen molar-refractivity contribution < 1.29 is 4.79 Å². The molecule has 7 nitrogen and oxygen atoms in total. The van der Waals surface area contributed by atoms with Crippen molar-refractivity contribution in [2.75, 3.05) is 16.8 Å². The van der Waals surface area contributed by atoms with Crippen molar-refractivity contribution in [3.05, 3.63) is 59.2 Å². The third-order valence-corrected chi connectivity index (χ3v) is 5.54. The van der Waals surface area contributed by atoms with Gasteiger partial charge in [-0.15, -0.1) is 11.3 Å². The fraction of sp³-hybridized carbons (Fsp3) is 0.200. The van der Waals surface area contributed by atoms with Gasteiger partial charge in [-0.3, -0.25) is 9.69 Å². The quantitative estimate of drug-likeness (QED) is 0.577. The van der Waals surface area contributed by atoms with Crippen LogP contribution in [0.5, 0.6) is 0 Å². The summed E-state index contributed by atoms with van der Waals surface area (Å²) in [5.74, 6) is 1.49. The number of carbonyl (C=O) groups excluding carboxylic acids is 1. The van der Waals surface area contributed by atoms with E-state index in [9.17, 15) is 4.79 Å². The molecular weight excluding hydrogens is 372 g/mol. The van der Waals surface area contributed by atoms with E-state index in [-0.39, 0.29) is 12.3 Å². The number of carbonyl (C=O) groups is 1. The maximum atomic E-state index is 12.9. The molecule has 1 aliphatic heterocycles. The number of thiazole rings is 1. The second kappa shape index (κ2) is 6.72. The Morgan fingerprint density at radius 3 is 2.89 bits per heavy atom. The van der Waals surface area contributed by atoms with Crippen molar-refractivity contribution >= 4 is 45.2 Å². The van der Waals surface area contributed by atoms with Crippen LogP contribution in [0.15, 0.2) is 47.8 Å². The fourth-order valence-corrected chi connectivity index (χ4v) is 4.16. The Morgan fingerprint density at radius 2 is 2.00 bits per heavy atom. The van der Waals surface area contributed by atoms with Crippen LogP contribution in [-0.2, 0) is 17.8 Å². The van der Waals surface area contributed by atoms with Gasteiger partial charge < -0.3 is 9.88 Å². The maximum absolute atomic E-state index is 12.9. The van der Waals surface area contributed by atoms with Crippen molar-refractivity contribution in [2.24, 2.45) is 0 Å². The standard InChI is InChI=1S/C20H18N6OS/c1-13-5-4-8-17(21-13)24-19-22-14(12-28-19)11-18(27)26-10-9-25-16-7-3-2-6-15(16)23-20(25)26/h2-8,12H,9-11H2,1H3,(H,21,22,24). The van der Waals surface area contributed by atoms with E-state index in [1.54, 1.807) is 4.90 Å². The molecule has 4 aromatic rings. The Hall–Kier alpha value is -3.26. The highest BCUT2D eigenvalue weighted by atomic mass is 32.1. The first-order valence-electron chi connectivity index (χ1n) is 9.08. The number of hydrogen-bond acceptors (Lipinski definition) is 6. The van der Waals surface area contributed by atoms with Crippen LogP contribution >= 0.6 is 11.3 Å². The Bertz CT molecular complexity index is 1180. The maximum Gasteiger partial charge on any atom is 0.235 e. The molecule has 8 heteroatoms. The Kier molecular flexibility index (Phi) is 4.05. The van der Waals surface area contributed by atoms with E-state index < -0.39 is 0 Å². The Morgan fingerprint density at radius 1 is 1.11 bits per heavy atom. The van der Waals surface area contributed by atoms with Crippen molar-refractivity contribution in [3.8, 4) is 0 Å². The SMILES string of the molecule is Cc1cccc(Nc2nc(CC(=O)N3CCn4c3nc3ccccc34)cs2)n1. The van der Waals surface area contributed by atoms with Gasteiger partial charge in [0.1, 0.15) is 5.82 Å². The van der Waals surface area contributed by atoms with Gasteiger partial charge in [0.15, 0.2) is 5.13 Å². The first-order chi connectivity index (χ1) is 13.7. The number of rotatable bonds is 4. The lowest BCUT2D eigenvalue weighted by Gasteiger charge is -2.12. The van der Waals surface area contributed by atoms with Crippen LogP contribution in [0.3, 0.4) is 0 Å². The summed E-state index contributed by atoms with van der Waals surface area (Å²) in [4.78, 5) is 28.2. The molecular formula is C20H18N6OS. The molecule has 0 spiro atoms. The second-order valence-corrected chi connectivity index (χ2v) is 7.57. The molecule has 3 aromatic heterocycles. The monoisotopic (exact) mass is 390 g/mol. The van der Waals surface area contributed by atoms with Crippen molar-refractivity contribution in [1.29, 1.82) is 0 Å². The molecule has 140 valence electrons. The second-order valence-electron chi connectivity index (χ2n) is 6.71. The number of pyridine rings is 1. The highest BCUT2D eigenvalue weighted by Gasteiger charge is 2.28. The molecule has 0 fully saturated rings. The normalized spacial score (nSPS) is 13.1. The minimum absolute atomic E-state index is 0.0135. The number of amides is 1. The lowest BCUT2D eigenvalue weighted by atomic mass is 10.3. The first kappa shape index (κ1) is 16.9. The van der Waals surface area contributed by atoms with E-state index in [1.165, 1.54) is 11.3 Å². The summed E-state index contributed by atoms with van der Waals surface area (Å²) >= 11 is 1.47. The summed E-state index contributed by atoms with van der Waals surface area (Å²) in [7, 11) is 0. The summed E-state index contributed by atoms with van der Waals surface area (Å²) in [5, 5.41) is 5.84. The lowest BCUT2D eigenvalue weighted by Crippen LogP contribution is -2.31. The highest BCUT2D eigenvalue weighted by molar-refractivity contribution is 7.13. The van der Waals surface area contributed by atoms with Crippen LogP contribution in [0.4, 0.5) is 16.9 Å². The van der Waals surface area contributed by atoms with Crippen LogP contribution in [0.25, 0.3) is 11.0 Å². The van der Waals surface area contributed by atoms with Gasteiger partial charge in [-0.05, 0) is 31.2 Å². The number of anilines is 3. The predicted molar refractivity (Wildman–Crippen MR) is 110 cm³/mol. The lowest BCUT2D eigenvalue weighted by molar-refractivity contribution is -0.117. The number of nitrogens with zero attached hydrogens (tertiary/aromatic N) is 5. The molecule has 0 radical (unpaired) electrons. The summed E-state index contributed by atoms with van der Waals surface area (Å²) in [6.45, 7) is 3.36. The molecule has 1 amide bonds. The number of aryl methyl sites for hydroxylation is 1. The smallest absolute Gasteiger partial charge is 0.235 e. The molecule has 0 saturated heterocycles. The zero-order valence-corrected chi connectivity index (χ0v) is 16.1. The molecule has 1 aliphatic rings. The van der Waals surface area contributed by atoms with Crippen molar-refractivity contribution in [1.82, 2.24) is 19.5 Å². The third kappa shape index (κ3) is 3.01. The van der Waals surface area contributed by atoms with E-state index >= 15 is 0 Å². The summed E-state index contributed by atoms with van der Waals surface area (Å²) in [6, 6.07) is 13.8. The van der Waals surface area contributed by atoms with Gasteiger partial charge in [-0.1, -0.05) is 18.2 Å². The first-order valence-corrected chi connectivity index (χ1v) is 9.96. The zero-order chi connectivity index (χ0) is 19.1. The van der Waals surface area contributed by atoms with Gasteiger partial charge in [-0.2, -0.15) is 0 Å². The minimum Gasteiger partial charge on any atom is -0.316 e. The van der Waals surface area contributed by atoms with E-state index in [2.05, 4.69) is 24.8 Å². The van der Waals surface area contributed by atoms with E-state index in [1.807, 2.05) is 54.8 Å². The molecule has 0 atom stereocenters. The van der Waals surface area contributed by atoms with Crippen LogP contribution in [0.1, 0.15) is 11.4 Å². The van der Waals surface area contributed by atoms with Gasteiger partial charge in [0.2, 0.25) is 11.9 Å². The fourth-order valence-electron chi connectivity index (χ4n) is 3.44. The number of nitrogens with one attached hydrogen (secondary N) is 1. The van der Waals surface area contributed by atoms with Gasteiger partial charge in [-0.25, -0.2) is 15.0 Å². The Labute approximate surface area is 165 Å². The molecule has 4 heterocycles.